The van der Waals surface area contributed by atoms with Gasteiger partial charge in [-0.25, -0.2) is 4.39 Å². The summed E-state index contributed by atoms with van der Waals surface area (Å²) in [6, 6.07) is 8.56. The lowest BCUT2D eigenvalue weighted by Gasteiger charge is -2.18. The molecule has 0 aliphatic rings. The zero-order valence-electron chi connectivity index (χ0n) is 15.3. The van der Waals surface area contributed by atoms with Crippen molar-refractivity contribution in [3.05, 3.63) is 71.1 Å². The number of halogens is 1. The van der Waals surface area contributed by atoms with Gasteiger partial charge in [-0.1, -0.05) is 12.1 Å². The first-order valence-electron chi connectivity index (χ1n) is 8.33. The average Bonchev–Trinajstić information content (AvgIpc) is 2.88. The number of rotatable bonds is 4. The summed E-state index contributed by atoms with van der Waals surface area (Å²) in [5, 5.41) is 4.39. The zero-order chi connectivity index (χ0) is 18.8. The van der Waals surface area contributed by atoms with Gasteiger partial charge in [-0.15, -0.1) is 0 Å². The Morgan fingerprint density at radius 3 is 2.46 bits per heavy atom. The first-order valence-corrected chi connectivity index (χ1v) is 8.33. The van der Waals surface area contributed by atoms with Gasteiger partial charge in [0.05, 0.1) is 11.9 Å². The number of carbonyl (C=O) groups is 1. The third-order valence-electron chi connectivity index (χ3n) is 4.62. The van der Waals surface area contributed by atoms with Gasteiger partial charge in [0.1, 0.15) is 5.82 Å². The van der Waals surface area contributed by atoms with E-state index in [1.54, 1.807) is 48.5 Å². The summed E-state index contributed by atoms with van der Waals surface area (Å²) in [5.41, 5.74) is 4.76. The van der Waals surface area contributed by atoms with Crippen LogP contribution in [0.3, 0.4) is 0 Å². The monoisotopic (exact) mass is 352 g/mol. The molecule has 3 rings (SSSR count). The third kappa shape index (κ3) is 3.35. The van der Waals surface area contributed by atoms with E-state index in [-0.39, 0.29) is 11.7 Å². The van der Waals surface area contributed by atoms with Gasteiger partial charge in [-0.05, 0) is 37.6 Å². The van der Waals surface area contributed by atoms with Gasteiger partial charge >= 0.3 is 0 Å². The fourth-order valence-corrected chi connectivity index (χ4v) is 2.98. The molecule has 5 nitrogen and oxygen atoms in total. The van der Waals surface area contributed by atoms with Crippen LogP contribution < -0.4 is 0 Å². The molecule has 0 unspecified atom stereocenters. The van der Waals surface area contributed by atoms with Crippen molar-refractivity contribution in [2.24, 2.45) is 7.05 Å². The van der Waals surface area contributed by atoms with Crippen LogP contribution >= 0.6 is 0 Å². The molecule has 2 aromatic heterocycles. The van der Waals surface area contributed by atoms with Gasteiger partial charge in [-0.3, -0.25) is 14.5 Å². The van der Waals surface area contributed by atoms with Gasteiger partial charge in [0.25, 0.3) is 5.91 Å². The molecule has 0 radical (unpaired) electrons. The topological polar surface area (TPSA) is 51.0 Å². The quantitative estimate of drug-likeness (QED) is 0.722. The van der Waals surface area contributed by atoms with Gasteiger partial charge in [0.2, 0.25) is 0 Å². The number of aryl methyl sites for hydroxylation is 2. The lowest BCUT2D eigenvalue weighted by molar-refractivity contribution is 0.0784. The van der Waals surface area contributed by atoms with E-state index in [9.17, 15) is 9.18 Å². The van der Waals surface area contributed by atoms with Crippen molar-refractivity contribution in [3.8, 4) is 11.1 Å². The normalized spacial score (nSPS) is 10.8. The molecule has 0 aliphatic carbocycles. The second kappa shape index (κ2) is 7.07. The number of nitrogens with zero attached hydrogens (tertiary/aromatic N) is 4. The van der Waals surface area contributed by atoms with Crippen molar-refractivity contribution < 1.29 is 9.18 Å². The van der Waals surface area contributed by atoms with Crippen LogP contribution in [0.15, 0.2) is 42.7 Å². The van der Waals surface area contributed by atoms with Gasteiger partial charge < -0.3 is 4.90 Å². The van der Waals surface area contributed by atoms with E-state index in [1.165, 1.54) is 6.20 Å². The molecule has 6 heteroatoms. The average molecular weight is 352 g/mol. The molecule has 134 valence electrons. The lowest BCUT2D eigenvalue weighted by Crippen LogP contribution is -2.26. The molecule has 0 aliphatic heterocycles. The molecule has 0 bridgehead atoms. The molecule has 0 N–H and O–H groups in total. The predicted octanol–water partition coefficient (Wildman–Crippen LogP) is 3.51. The summed E-state index contributed by atoms with van der Waals surface area (Å²) < 4.78 is 15.7. The predicted molar refractivity (Wildman–Crippen MR) is 98.1 cm³/mol. The van der Waals surface area contributed by atoms with Crippen LogP contribution in [-0.2, 0) is 13.6 Å². The highest BCUT2D eigenvalue weighted by atomic mass is 19.1. The van der Waals surface area contributed by atoms with Gasteiger partial charge in [0, 0.05) is 49.2 Å². The Morgan fingerprint density at radius 1 is 1.19 bits per heavy atom. The SMILES string of the molecule is Cc1nn(C)c(C)c1CN(C)C(=O)c1ccc(-c2ccncc2F)cc1. The second-order valence-electron chi connectivity index (χ2n) is 6.37. The molecule has 0 fully saturated rings. The Balaban J connectivity index is 1.78. The molecule has 0 saturated heterocycles. The van der Waals surface area contributed by atoms with Crippen molar-refractivity contribution in [3.63, 3.8) is 0 Å². The standard InChI is InChI=1S/C20H21FN4O/c1-13-18(14(2)25(4)23-13)12-24(3)20(26)16-7-5-15(6-8-16)17-9-10-22-11-19(17)21/h5-11H,12H2,1-4H3. The highest BCUT2D eigenvalue weighted by Crippen LogP contribution is 2.23. The summed E-state index contributed by atoms with van der Waals surface area (Å²) in [6.07, 6.45) is 2.73. The van der Waals surface area contributed by atoms with E-state index in [2.05, 4.69) is 10.1 Å². The van der Waals surface area contributed by atoms with Crippen molar-refractivity contribution in [1.82, 2.24) is 19.7 Å². The number of amides is 1. The maximum atomic E-state index is 13.8. The Hall–Kier alpha value is -3.02. The van der Waals surface area contributed by atoms with E-state index in [1.807, 2.05) is 25.6 Å². The fraction of sp³-hybridized carbons (Fsp3) is 0.250. The lowest BCUT2D eigenvalue weighted by atomic mass is 10.0. The summed E-state index contributed by atoms with van der Waals surface area (Å²) in [7, 11) is 3.66. The Bertz CT molecular complexity index is 947. The minimum atomic E-state index is -0.383. The fourth-order valence-electron chi connectivity index (χ4n) is 2.98. The first kappa shape index (κ1) is 17.8. The summed E-state index contributed by atoms with van der Waals surface area (Å²) in [4.78, 5) is 18.1. The molecule has 1 aromatic carbocycles. The Kier molecular flexibility index (Phi) is 4.84. The van der Waals surface area contributed by atoms with Crippen molar-refractivity contribution in [1.29, 1.82) is 0 Å². The summed E-state index contributed by atoms with van der Waals surface area (Å²) >= 11 is 0. The van der Waals surface area contributed by atoms with Crippen LogP contribution in [0.1, 0.15) is 27.3 Å². The van der Waals surface area contributed by atoms with Crippen LogP contribution in [0.4, 0.5) is 4.39 Å². The van der Waals surface area contributed by atoms with Crippen LogP contribution in [0.5, 0.6) is 0 Å². The highest BCUT2D eigenvalue weighted by Gasteiger charge is 2.17. The highest BCUT2D eigenvalue weighted by molar-refractivity contribution is 5.94. The second-order valence-corrected chi connectivity index (χ2v) is 6.37. The van der Waals surface area contributed by atoms with Crippen molar-refractivity contribution >= 4 is 5.91 Å². The third-order valence-corrected chi connectivity index (χ3v) is 4.62. The number of benzene rings is 1. The van der Waals surface area contributed by atoms with E-state index in [4.69, 9.17) is 0 Å². The molecular weight excluding hydrogens is 331 g/mol. The van der Waals surface area contributed by atoms with Crippen LogP contribution in [0, 0.1) is 19.7 Å². The van der Waals surface area contributed by atoms with Gasteiger partial charge in [-0.2, -0.15) is 5.10 Å². The van der Waals surface area contributed by atoms with E-state index in [0.717, 1.165) is 17.0 Å². The molecule has 26 heavy (non-hydrogen) atoms. The van der Waals surface area contributed by atoms with E-state index in [0.29, 0.717) is 23.2 Å². The van der Waals surface area contributed by atoms with Crippen molar-refractivity contribution in [2.45, 2.75) is 20.4 Å². The number of hydrogen-bond acceptors (Lipinski definition) is 3. The molecule has 0 atom stereocenters. The molecular formula is C20H21FN4O. The van der Waals surface area contributed by atoms with E-state index >= 15 is 0 Å². The molecule has 3 aromatic rings. The van der Waals surface area contributed by atoms with E-state index < -0.39 is 0 Å². The smallest absolute Gasteiger partial charge is 0.253 e. The zero-order valence-corrected chi connectivity index (χ0v) is 15.3. The van der Waals surface area contributed by atoms with Crippen LogP contribution in [0.25, 0.3) is 11.1 Å². The minimum absolute atomic E-state index is 0.0885. The summed E-state index contributed by atoms with van der Waals surface area (Å²) in [5.74, 6) is -0.472. The maximum Gasteiger partial charge on any atom is 0.253 e. The van der Waals surface area contributed by atoms with Crippen LogP contribution in [-0.4, -0.2) is 32.6 Å². The Morgan fingerprint density at radius 2 is 1.88 bits per heavy atom. The maximum absolute atomic E-state index is 13.8. The number of aromatic nitrogens is 3. The number of carbonyl (C=O) groups excluding carboxylic acids is 1. The molecule has 0 spiro atoms. The largest absolute Gasteiger partial charge is 0.337 e. The number of pyridine rings is 1. The molecule has 0 saturated carbocycles. The summed E-state index contributed by atoms with van der Waals surface area (Å²) in [6.45, 7) is 4.43. The molecule has 1 amide bonds. The van der Waals surface area contributed by atoms with Gasteiger partial charge in [0.15, 0.2) is 0 Å². The van der Waals surface area contributed by atoms with Crippen LogP contribution in [0.2, 0.25) is 0 Å². The Labute approximate surface area is 152 Å². The first-order chi connectivity index (χ1) is 12.4. The minimum Gasteiger partial charge on any atom is -0.337 e. The van der Waals surface area contributed by atoms with Crippen molar-refractivity contribution in [2.75, 3.05) is 7.05 Å². The number of hydrogen-bond donors (Lipinski definition) is 0. The molecule has 2 heterocycles.